The van der Waals surface area contributed by atoms with E-state index >= 15 is 0 Å². The minimum Gasteiger partial charge on any atom is -0.495 e. The third-order valence-electron chi connectivity index (χ3n) is 6.69. The molecule has 4 aromatic rings. The van der Waals surface area contributed by atoms with Gasteiger partial charge in [-0.2, -0.15) is 0 Å². The van der Waals surface area contributed by atoms with Crippen LogP contribution in [0.15, 0.2) is 67.0 Å². The third kappa shape index (κ3) is 7.16. The van der Waals surface area contributed by atoms with E-state index in [4.69, 9.17) is 17.0 Å². The number of amides is 2. The number of halogens is 3. The summed E-state index contributed by atoms with van der Waals surface area (Å²) in [4.78, 5) is 17.0. The van der Waals surface area contributed by atoms with Crippen LogP contribution in [0.4, 0.5) is 23.7 Å². The maximum Gasteiger partial charge on any atom is 0.573 e. The number of fused-ring (bicyclic) bond motifs is 1. The summed E-state index contributed by atoms with van der Waals surface area (Å²) in [6, 6.07) is 16.5. The Morgan fingerprint density at radius 2 is 1.86 bits per heavy atom. The van der Waals surface area contributed by atoms with Gasteiger partial charge >= 0.3 is 12.4 Å². The summed E-state index contributed by atoms with van der Waals surface area (Å²) >= 11 is 5.31. The average Bonchev–Trinajstić information content (AvgIpc) is 3.43. The third-order valence-corrected chi connectivity index (χ3v) is 6.89. The van der Waals surface area contributed by atoms with Crippen molar-refractivity contribution < 1.29 is 27.4 Å². The first-order chi connectivity index (χ1) is 20.1. The molecule has 1 heterocycles. The molecule has 1 aliphatic carbocycles. The van der Waals surface area contributed by atoms with Crippen LogP contribution in [0.1, 0.15) is 23.1 Å². The lowest BCUT2D eigenvalue weighted by atomic mass is 9.87. The number of aromatic nitrogens is 3. The van der Waals surface area contributed by atoms with Gasteiger partial charge < -0.3 is 20.1 Å². The SMILES string of the molecule is COc1ccc(C)cc1NC(=S)NC(=O)NC1CCc2cc(-c3ncn(-c4ccc(OC(F)(F)F)cc4)n3)ccc2C1. The number of carbonyl (C=O) groups is 1. The number of hydrogen-bond donors (Lipinski definition) is 3. The van der Waals surface area contributed by atoms with Gasteiger partial charge in [-0.05, 0) is 97.6 Å². The second-order valence-corrected chi connectivity index (χ2v) is 10.1. The highest BCUT2D eigenvalue weighted by atomic mass is 32.1. The summed E-state index contributed by atoms with van der Waals surface area (Å²) in [6.45, 7) is 1.95. The van der Waals surface area contributed by atoms with Crippen LogP contribution in [0.2, 0.25) is 0 Å². The fourth-order valence-electron chi connectivity index (χ4n) is 4.74. The fraction of sp³-hybridized carbons (Fsp3) is 0.241. The lowest BCUT2D eigenvalue weighted by Gasteiger charge is -2.26. The quantitative estimate of drug-likeness (QED) is 0.245. The lowest BCUT2D eigenvalue weighted by molar-refractivity contribution is -0.274. The number of urea groups is 1. The Hall–Kier alpha value is -4.65. The topological polar surface area (TPSA) is 102 Å². The molecule has 13 heteroatoms. The van der Waals surface area contributed by atoms with E-state index in [9.17, 15) is 18.0 Å². The van der Waals surface area contributed by atoms with Gasteiger partial charge in [0.25, 0.3) is 0 Å². The summed E-state index contributed by atoms with van der Waals surface area (Å²) in [7, 11) is 1.56. The van der Waals surface area contributed by atoms with Crippen molar-refractivity contribution in [2.75, 3.05) is 12.4 Å². The maximum absolute atomic E-state index is 12.6. The van der Waals surface area contributed by atoms with Crippen LogP contribution in [0.25, 0.3) is 17.1 Å². The van der Waals surface area contributed by atoms with Gasteiger partial charge in [-0.25, -0.2) is 14.5 Å². The highest BCUT2D eigenvalue weighted by Crippen LogP contribution is 2.28. The molecule has 0 spiro atoms. The lowest BCUT2D eigenvalue weighted by Crippen LogP contribution is -2.47. The highest BCUT2D eigenvalue weighted by Gasteiger charge is 2.31. The Kier molecular flexibility index (Phi) is 8.29. The molecule has 1 atom stereocenters. The number of aryl methyl sites for hydroxylation is 2. The van der Waals surface area contributed by atoms with E-state index in [1.54, 1.807) is 7.11 Å². The van der Waals surface area contributed by atoms with Crippen LogP contribution in [0.5, 0.6) is 11.5 Å². The van der Waals surface area contributed by atoms with Crippen molar-refractivity contribution >= 4 is 29.0 Å². The molecule has 0 saturated heterocycles. The number of hydrogen-bond acceptors (Lipinski definition) is 6. The number of benzene rings is 3. The predicted molar refractivity (Wildman–Crippen MR) is 155 cm³/mol. The minimum atomic E-state index is -4.75. The van der Waals surface area contributed by atoms with E-state index in [0.717, 1.165) is 35.1 Å². The van der Waals surface area contributed by atoms with Gasteiger partial charge in [0.2, 0.25) is 0 Å². The van der Waals surface area contributed by atoms with Crippen molar-refractivity contribution in [2.24, 2.45) is 0 Å². The second-order valence-electron chi connectivity index (χ2n) is 9.73. The van der Waals surface area contributed by atoms with Crippen molar-refractivity contribution in [3.05, 3.63) is 83.7 Å². The fourth-order valence-corrected chi connectivity index (χ4v) is 4.94. The summed E-state index contributed by atoms with van der Waals surface area (Å²) in [6.07, 6.45) is -1.11. The first-order valence-electron chi connectivity index (χ1n) is 13.0. The number of ether oxygens (including phenoxy) is 2. The smallest absolute Gasteiger partial charge is 0.495 e. The second kappa shape index (κ2) is 12.1. The number of carbonyl (C=O) groups excluding carboxylic acids is 1. The summed E-state index contributed by atoms with van der Waals surface area (Å²) in [5.41, 5.74) is 5.29. The summed E-state index contributed by atoms with van der Waals surface area (Å²) in [5, 5.41) is 13.3. The average molecular weight is 597 g/mol. The number of methoxy groups -OCH3 is 1. The highest BCUT2D eigenvalue weighted by molar-refractivity contribution is 7.80. The van der Waals surface area contributed by atoms with Crippen LogP contribution in [0, 0.1) is 6.92 Å². The molecule has 42 heavy (non-hydrogen) atoms. The molecule has 3 aromatic carbocycles. The van der Waals surface area contributed by atoms with Crippen molar-refractivity contribution in [3.63, 3.8) is 0 Å². The monoisotopic (exact) mass is 596 g/mol. The van der Waals surface area contributed by atoms with E-state index in [1.165, 1.54) is 35.3 Å². The van der Waals surface area contributed by atoms with Crippen LogP contribution >= 0.6 is 12.2 Å². The van der Waals surface area contributed by atoms with Crippen LogP contribution in [0.3, 0.4) is 0 Å². The number of rotatable bonds is 6. The molecule has 0 aliphatic heterocycles. The van der Waals surface area contributed by atoms with E-state index in [-0.39, 0.29) is 16.9 Å². The molecule has 3 N–H and O–H groups in total. The van der Waals surface area contributed by atoms with Gasteiger partial charge in [0, 0.05) is 11.6 Å². The Labute approximate surface area is 245 Å². The van der Waals surface area contributed by atoms with E-state index in [0.29, 0.717) is 29.4 Å². The Balaban J connectivity index is 1.17. The summed E-state index contributed by atoms with van der Waals surface area (Å²) in [5.74, 6) is 0.789. The molecule has 2 amide bonds. The first kappa shape index (κ1) is 28.9. The standard InChI is InChI=1S/C29H27F3N6O3S/c1-17-3-12-25(40-2)24(13-17)35-28(42)36-27(39)34-21-7-6-18-14-20(5-4-19(18)15-21)26-33-16-38(37-26)22-8-10-23(11-9-22)41-29(30,31)32/h3-5,8-14,16,21H,6-7,15H2,1-2H3,(H3,34,35,36,39,42). The van der Waals surface area contributed by atoms with E-state index < -0.39 is 12.4 Å². The van der Waals surface area contributed by atoms with Gasteiger partial charge in [0.1, 0.15) is 17.8 Å². The van der Waals surface area contributed by atoms with Crippen molar-refractivity contribution in [2.45, 2.75) is 38.6 Å². The number of thiocarbonyl (C=S) groups is 1. The molecule has 0 bridgehead atoms. The van der Waals surface area contributed by atoms with Gasteiger partial charge in [0.05, 0.1) is 18.5 Å². The number of nitrogens with zero attached hydrogens (tertiary/aromatic N) is 3. The van der Waals surface area contributed by atoms with Gasteiger partial charge in [-0.1, -0.05) is 18.2 Å². The van der Waals surface area contributed by atoms with Crippen molar-refractivity contribution in [1.29, 1.82) is 0 Å². The van der Waals surface area contributed by atoms with Gasteiger partial charge in [-0.15, -0.1) is 18.3 Å². The number of nitrogens with one attached hydrogen (secondary N) is 3. The molecule has 218 valence electrons. The molecule has 0 fully saturated rings. The van der Waals surface area contributed by atoms with E-state index in [2.05, 4.69) is 30.8 Å². The molecule has 0 radical (unpaired) electrons. The zero-order valence-corrected chi connectivity index (χ0v) is 23.5. The summed E-state index contributed by atoms with van der Waals surface area (Å²) < 4.78 is 48.0. The zero-order chi connectivity index (χ0) is 29.9. The number of anilines is 1. The van der Waals surface area contributed by atoms with E-state index in [1.807, 2.05) is 43.3 Å². The molecule has 1 unspecified atom stereocenters. The van der Waals surface area contributed by atoms with Crippen LogP contribution < -0.4 is 25.4 Å². The molecule has 1 aliphatic rings. The molecule has 9 nitrogen and oxygen atoms in total. The number of alkyl halides is 3. The zero-order valence-electron chi connectivity index (χ0n) is 22.7. The van der Waals surface area contributed by atoms with Crippen molar-refractivity contribution in [1.82, 2.24) is 25.4 Å². The normalized spacial score (nSPS) is 14.5. The molecular formula is C29H27F3N6O3S. The molecule has 1 aromatic heterocycles. The molecule has 5 rings (SSSR count). The first-order valence-corrected chi connectivity index (χ1v) is 13.4. The molecular weight excluding hydrogens is 569 g/mol. The molecule has 0 saturated carbocycles. The minimum absolute atomic E-state index is 0.0683. The predicted octanol–water partition coefficient (Wildman–Crippen LogP) is 5.70. The Morgan fingerprint density at radius 3 is 2.60 bits per heavy atom. The van der Waals surface area contributed by atoms with Crippen LogP contribution in [-0.4, -0.2) is 45.4 Å². The van der Waals surface area contributed by atoms with Crippen LogP contribution in [-0.2, 0) is 12.8 Å². The van der Waals surface area contributed by atoms with Crippen molar-refractivity contribution in [3.8, 4) is 28.6 Å². The van der Waals surface area contributed by atoms with Gasteiger partial charge in [-0.3, -0.25) is 5.32 Å². The maximum atomic E-state index is 12.6. The Morgan fingerprint density at radius 1 is 1.07 bits per heavy atom. The Bertz CT molecular complexity index is 1610. The van der Waals surface area contributed by atoms with Gasteiger partial charge in [0.15, 0.2) is 10.9 Å². The largest absolute Gasteiger partial charge is 0.573 e.